The SMILES string of the molecule is CNC1CCCCN1C[Si](C)(C)C. The summed E-state index contributed by atoms with van der Waals surface area (Å²) in [5, 5.41) is 3.42. The molecular formula is C10H24N2Si. The second-order valence-corrected chi connectivity index (χ2v) is 10.8. The Kier molecular flexibility index (Phi) is 3.95. The number of hydrogen-bond acceptors (Lipinski definition) is 2. The van der Waals surface area contributed by atoms with Gasteiger partial charge in [-0.1, -0.05) is 19.6 Å². The van der Waals surface area contributed by atoms with Crippen molar-refractivity contribution in [2.24, 2.45) is 0 Å². The van der Waals surface area contributed by atoms with E-state index in [0.717, 1.165) is 0 Å². The summed E-state index contributed by atoms with van der Waals surface area (Å²) in [5.74, 6) is 0. The molecule has 0 bridgehead atoms. The molecule has 1 fully saturated rings. The Bertz CT molecular complexity index is 153. The Labute approximate surface area is 83.7 Å². The van der Waals surface area contributed by atoms with Crippen LogP contribution in [0.4, 0.5) is 0 Å². The molecule has 2 nitrogen and oxygen atoms in total. The number of hydrogen-bond donors (Lipinski definition) is 1. The van der Waals surface area contributed by atoms with Gasteiger partial charge in [-0.15, -0.1) is 0 Å². The van der Waals surface area contributed by atoms with Crippen molar-refractivity contribution < 1.29 is 0 Å². The highest BCUT2D eigenvalue weighted by Crippen LogP contribution is 2.17. The number of rotatable bonds is 3. The summed E-state index contributed by atoms with van der Waals surface area (Å²) in [4.78, 5) is 2.65. The zero-order chi connectivity index (χ0) is 9.90. The largest absolute Gasteiger partial charge is 0.305 e. The van der Waals surface area contributed by atoms with Gasteiger partial charge in [-0.3, -0.25) is 4.90 Å². The van der Waals surface area contributed by atoms with Gasteiger partial charge < -0.3 is 5.32 Å². The molecule has 78 valence electrons. The number of nitrogens with zero attached hydrogens (tertiary/aromatic N) is 1. The van der Waals surface area contributed by atoms with Gasteiger partial charge in [0.1, 0.15) is 0 Å². The monoisotopic (exact) mass is 200 g/mol. The average Bonchev–Trinajstić information content (AvgIpc) is 2.02. The molecule has 0 aliphatic carbocycles. The fraction of sp³-hybridized carbons (Fsp3) is 1.00. The van der Waals surface area contributed by atoms with Gasteiger partial charge in [0, 0.05) is 0 Å². The van der Waals surface area contributed by atoms with Gasteiger partial charge in [-0.05, 0) is 39.0 Å². The highest BCUT2D eigenvalue weighted by molar-refractivity contribution is 6.76. The molecule has 1 atom stereocenters. The molecular weight excluding hydrogens is 176 g/mol. The molecule has 1 aliphatic rings. The molecule has 1 unspecified atom stereocenters. The third-order valence-corrected chi connectivity index (χ3v) is 3.98. The van der Waals surface area contributed by atoms with Crippen molar-refractivity contribution in [1.82, 2.24) is 10.2 Å². The van der Waals surface area contributed by atoms with Crippen LogP contribution < -0.4 is 5.32 Å². The van der Waals surface area contributed by atoms with Crippen LogP contribution in [0.3, 0.4) is 0 Å². The molecule has 1 rings (SSSR count). The van der Waals surface area contributed by atoms with Gasteiger partial charge in [-0.2, -0.15) is 0 Å². The molecule has 1 aliphatic heterocycles. The highest BCUT2D eigenvalue weighted by Gasteiger charge is 2.25. The zero-order valence-electron chi connectivity index (χ0n) is 9.56. The van der Waals surface area contributed by atoms with Crippen LogP contribution in [0.1, 0.15) is 19.3 Å². The van der Waals surface area contributed by atoms with Crippen LogP contribution >= 0.6 is 0 Å². The van der Waals surface area contributed by atoms with E-state index in [1.807, 2.05) is 0 Å². The number of nitrogens with one attached hydrogen (secondary N) is 1. The molecule has 0 aromatic carbocycles. The molecule has 1 saturated heterocycles. The van der Waals surface area contributed by atoms with E-state index in [9.17, 15) is 0 Å². The van der Waals surface area contributed by atoms with Crippen LogP contribution in [0.25, 0.3) is 0 Å². The summed E-state index contributed by atoms with van der Waals surface area (Å²) in [6.45, 7) is 8.66. The third kappa shape index (κ3) is 3.79. The van der Waals surface area contributed by atoms with E-state index in [0.29, 0.717) is 6.17 Å². The molecule has 0 spiro atoms. The van der Waals surface area contributed by atoms with E-state index in [2.05, 4.69) is 36.9 Å². The van der Waals surface area contributed by atoms with E-state index in [1.165, 1.54) is 32.0 Å². The van der Waals surface area contributed by atoms with Gasteiger partial charge in [0.15, 0.2) is 0 Å². The second kappa shape index (κ2) is 4.58. The summed E-state index contributed by atoms with van der Waals surface area (Å²) in [6.07, 6.45) is 6.12. The lowest BCUT2D eigenvalue weighted by molar-refractivity contribution is 0.149. The lowest BCUT2D eigenvalue weighted by Gasteiger charge is -2.38. The maximum atomic E-state index is 3.42. The quantitative estimate of drug-likeness (QED) is 0.700. The first-order valence-corrected chi connectivity index (χ1v) is 9.15. The Morgan fingerprint density at radius 2 is 2.00 bits per heavy atom. The van der Waals surface area contributed by atoms with E-state index >= 15 is 0 Å². The normalized spacial score (nSPS) is 26.3. The minimum atomic E-state index is -0.917. The number of piperidine rings is 1. The van der Waals surface area contributed by atoms with E-state index in [1.54, 1.807) is 0 Å². The maximum Gasteiger partial charge on any atom is 0.0600 e. The van der Waals surface area contributed by atoms with Crippen molar-refractivity contribution in [3.05, 3.63) is 0 Å². The van der Waals surface area contributed by atoms with Crippen molar-refractivity contribution >= 4 is 8.07 Å². The van der Waals surface area contributed by atoms with Gasteiger partial charge in [0.25, 0.3) is 0 Å². The molecule has 0 aromatic rings. The summed E-state index contributed by atoms with van der Waals surface area (Å²) >= 11 is 0. The summed E-state index contributed by atoms with van der Waals surface area (Å²) in [5.41, 5.74) is 0. The summed E-state index contributed by atoms with van der Waals surface area (Å²) < 4.78 is 0. The van der Waals surface area contributed by atoms with Crippen molar-refractivity contribution in [3.63, 3.8) is 0 Å². The average molecular weight is 200 g/mol. The standard InChI is InChI=1S/C10H24N2Si/c1-11-10-7-5-6-8-12(10)9-13(2,3)4/h10-11H,5-9H2,1-4H3. The molecule has 0 amide bonds. The lowest BCUT2D eigenvalue weighted by atomic mass is 10.1. The first-order chi connectivity index (χ1) is 6.03. The molecule has 3 heteroatoms. The Balaban J connectivity index is 2.45. The minimum absolute atomic E-state index is 0.653. The van der Waals surface area contributed by atoms with Gasteiger partial charge >= 0.3 is 0 Å². The summed E-state index contributed by atoms with van der Waals surface area (Å²) in [6, 6.07) is 0. The van der Waals surface area contributed by atoms with Crippen molar-refractivity contribution in [2.45, 2.75) is 45.1 Å². The zero-order valence-corrected chi connectivity index (χ0v) is 10.6. The van der Waals surface area contributed by atoms with Crippen LogP contribution in [0.2, 0.25) is 19.6 Å². The van der Waals surface area contributed by atoms with Crippen molar-refractivity contribution in [1.29, 1.82) is 0 Å². The molecule has 0 aromatic heterocycles. The predicted octanol–water partition coefficient (Wildman–Crippen LogP) is 1.90. The van der Waals surface area contributed by atoms with Crippen LogP contribution in [0, 0.1) is 0 Å². The van der Waals surface area contributed by atoms with Crippen molar-refractivity contribution in [2.75, 3.05) is 19.8 Å². The Morgan fingerprint density at radius 1 is 1.31 bits per heavy atom. The molecule has 1 heterocycles. The van der Waals surface area contributed by atoms with E-state index in [-0.39, 0.29) is 0 Å². The maximum absolute atomic E-state index is 3.42. The third-order valence-electron chi connectivity index (χ3n) is 2.62. The Hall–Kier alpha value is 0.137. The first-order valence-electron chi connectivity index (χ1n) is 5.44. The summed E-state index contributed by atoms with van der Waals surface area (Å²) in [7, 11) is 1.17. The van der Waals surface area contributed by atoms with Gasteiger partial charge in [-0.25, -0.2) is 0 Å². The first kappa shape index (κ1) is 11.2. The minimum Gasteiger partial charge on any atom is -0.305 e. The van der Waals surface area contributed by atoms with Crippen LogP contribution in [-0.4, -0.2) is 38.9 Å². The smallest absolute Gasteiger partial charge is 0.0600 e. The van der Waals surface area contributed by atoms with Crippen LogP contribution in [0.5, 0.6) is 0 Å². The van der Waals surface area contributed by atoms with Crippen molar-refractivity contribution in [3.8, 4) is 0 Å². The molecule has 13 heavy (non-hydrogen) atoms. The molecule has 0 saturated carbocycles. The van der Waals surface area contributed by atoms with Gasteiger partial charge in [0.05, 0.1) is 14.2 Å². The highest BCUT2D eigenvalue weighted by atomic mass is 28.3. The van der Waals surface area contributed by atoms with Gasteiger partial charge in [0.2, 0.25) is 0 Å². The second-order valence-electron chi connectivity index (χ2n) is 5.33. The van der Waals surface area contributed by atoms with Crippen LogP contribution in [-0.2, 0) is 0 Å². The van der Waals surface area contributed by atoms with Crippen LogP contribution in [0.15, 0.2) is 0 Å². The number of likely N-dealkylation sites (tertiary alicyclic amines) is 1. The lowest BCUT2D eigenvalue weighted by Crippen LogP contribution is -2.52. The Morgan fingerprint density at radius 3 is 2.54 bits per heavy atom. The van der Waals surface area contributed by atoms with E-state index < -0.39 is 8.07 Å². The topological polar surface area (TPSA) is 15.3 Å². The molecule has 1 N–H and O–H groups in total. The fourth-order valence-corrected chi connectivity index (χ4v) is 3.71. The van der Waals surface area contributed by atoms with E-state index in [4.69, 9.17) is 0 Å². The predicted molar refractivity (Wildman–Crippen MR) is 61.6 cm³/mol. The molecule has 0 radical (unpaired) electrons. The fourth-order valence-electron chi connectivity index (χ4n) is 2.12.